The third kappa shape index (κ3) is 2.90. The number of carbonyl (C=O) groups is 1. The first kappa shape index (κ1) is 12.6. The topological polar surface area (TPSA) is 57.8 Å². The molecule has 1 unspecified atom stereocenters. The van der Waals surface area contributed by atoms with Crippen LogP contribution >= 0.6 is 11.6 Å². The molecule has 0 radical (unpaired) electrons. The molecule has 0 aliphatic rings. The molecule has 5 heteroatoms. The Morgan fingerprint density at radius 3 is 3.00 bits per heavy atom. The molecule has 18 heavy (non-hydrogen) atoms. The van der Waals surface area contributed by atoms with Crippen LogP contribution in [-0.4, -0.2) is 22.0 Å². The maximum Gasteiger partial charge on any atom is 0.228 e. The number of amides is 1. The van der Waals surface area contributed by atoms with Gasteiger partial charge in [-0.25, -0.2) is 0 Å². The summed E-state index contributed by atoms with van der Waals surface area (Å²) in [7, 11) is 0. The van der Waals surface area contributed by atoms with E-state index in [9.17, 15) is 4.79 Å². The summed E-state index contributed by atoms with van der Waals surface area (Å²) in [6, 6.07) is 9.46. The molecule has 0 bridgehead atoms. The van der Waals surface area contributed by atoms with Crippen LogP contribution in [-0.2, 0) is 4.79 Å². The molecule has 1 atom stereocenters. The molecule has 0 saturated carbocycles. The van der Waals surface area contributed by atoms with Crippen LogP contribution in [0, 0.1) is 5.92 Å². The minimum atomic E-state index is -0.206. The lowest BCUT2D eigenvalue weighted by atomic mass is 10.1. The molecule has 2 N–H and O–H groups in total. The van der Waals surface area contributed by atoms with E-state index in [4.69, 9.17) is 11.6 Å². The van der Waals surface area contributed by atoms with Gasteiger partial charge < -0.3 is 5.32 Å². The highest BCUT2D eigenvalue weighted by Gasteiger charge is 2.11. The predicted molar refractivity (Wildman–Crippen MR) is 72.5 cm³/mol. The molecule has 94 valence electrons. The number of hydrogen-bond acceptors (Lipinski definition) is 2. The summed E-state index contributed by atoms with van der Waals surface area (Å²) >= 11 is 5.65. The normalized spacial score (nSPS) is 12.1. The van der Waals surface area contributed by atoms with Gasteiger partial charge in [0.1, 0.15) is 0 Å². The molecule has 2 rings (SSSR count). The van der Waals surface area contributed by atoms with Crippen molar-refractivity contribution in [2.75, 3.05) is 11.2 Å². The predicted octanol–water partition coefficient (Wildman–Crippen LogP) is 2.89. The largest absolute Gasteiger partial charge is 0.326 e. The van der Waals surface area contributed by atoms with E-state index in [0.717, 1.165) is 16.9 Å². The Morgan fingerprint density at radius 2 is 2.33 bits per heavy atom. The smallest absolute Gasteiger partial charge is 0.228 e. The second-order valence-corrected chi connectivity index (χ2v) is 4.40. The van der Waals surface area contributed by atoms with Gasteiger partial charge in [0.2, 0.25) is 5.91 Å². The number of nitrogens with one attached hydrogen (secondary N) is 2. The molecule has 4 nitrogen and oxygen atoms in total. The highest BCUT2D eigenvalue weighted by atomic mass is 35.5. The van der Waals surface area contributed by atoms with E-state index in [1.165, 1.54) is 0 Å². The summed E-state index contributed by atoms with van der Waals surface area (Å²) in [6.07, 6.45) is 1.69. The first-order valence-electron chi connectivity index (χ1n) is 5.67. The van der Waals surface area contributed by atoms with Crippen LogP contribution in [0.15, 0.2) is 36.5 Å². The fourth-order valence-corrected chi connectivity index (χ4v) is 1.66. The molecule has 1 amide bonds. The van der Waals surface area contributed by atoms with Crippen LogP contribution in [0.3, 0.4) is 0 Å². The number of benzene rings is 1. The van der Waals surface area contributed by atoms with Gasteiger partial charge >= 0.3 is 0 Å². The lowest BCUT2D eigenvalue weighted by Gasteiger charge is -2.10. The highest BCUT2D eigenvalue weighted by Crippen LogP contribution is 2.20. The first-order valence-corrected chi connectivity index (χ1v) is 6.21. The van der Waals surface area contributed by atoms with Gasteiger partial charge in [-0.3, -0.25) is 9.89 Å². The van der Waals surface area contributed by atoms with Crippen LogP contribution in [0.2, 0.25) is 0 Å². The zero-order valence-corrected chi connectivity index (χ0v) is 10.7. The third-order valence-electron chi connectivity index (χ3n) is 2.62. The summed E-state index contributed by atoms with van der Waals surface area (Å²) in [4.78, 5) is 11.7. The molecule has 0 aliphatic heterocycles. The Bertz CT molecular complexity index is 525. The summed E-state index contributed by atoms with van der Waals surface area (Å²) in [6.45, 7) is 1.79. The van der Waals surface area contributed by atoms with Crippen molar-refractivity contribution in [3.8, 4) is 11.3 Å². The molecule has 0 aliphatic carbocycles. The number of rotatable bonds is 4. The Labute approximate surface area is 110 Å². The lowest BCUT2D eigenvalue weighted by Crippen LogP contribution is -2.21. The SMILES string of the molecule is CC(CCl)C(=O)Nc1cccc(-c2ccn[nH]2)c1. The van der Waals surface area contributed by atoms with Gasteiger partial charge in [0.15, 0.2) is 0 Å². The van der Waals surface area contributed by atoms with Gasteiger partial charge in [-0.1, -0.05) is 19.1 Å². The maximum absolute atomic E-state index is 11.7. The van der Waals surface area contributed by atoms with Crippen LogP contribution in [0.5, 0.6) is 0 Å². The summed E-state index contributed by atoms with van der Waals surface area (Å²) in [5, 5.41) is 9.62. The van der Waals surface area contributed by atoms with E-state index in [2.05, 4.69) is 15.5 Å². The van der Waals surface area contributed by atoms with E-state index in [1.807, 2.05) is 30.3 Å². The van der Waals surface area contributed by atoms with Crippen molar-refractivity contribution >= 4 is 23.2 Å². The molecule has 1 heterocycles. The van der Waals surface area contributed by atoms with Gasteiger partial charge in [-0.15, -0.1) is 11.6 Å². The lowest BCUT2D eigenvalue weighted by molar-refractivity contribution is -0.118. The number of halogens is 1. The Balaban J connectivity index is 2.16. The number of carbonyl (C=O) groups excluding carboxylic acids is 1. The van der Waals surface area contributed by atoms with Gasteiger partial charge in [-0.05, 0) is 18.2 Å². The minimum absolute atomic E-state index is 0.0771. The molecule has 1 aromatic heterocycles. The molecule has 0 spiro atoms. The first-order chi connectivity index (χ1) is 8.70. The van der Waals surface area contributed by atoms with E-state index >= 15 is 0 Å². The third-order valence-corrected chi connectivity index (χ3v) is 3.08. The zero-order valence-electron chi connectivity index (χ0n) is 9.98. The van der Waals surface area contributed by atoms with E-state index in [1.54, 1.807) is 13.1 Å². The van der Waals surface area contributed by atoms with Gasteiger partial charge in [0, 0.05) is 29.2 Å². The Hall–Kier alpha value is -1.81. The molecule has 2 aromatic rings. The number of H-pyrrole nitrogens is 1. The van der Waals surface area contributed by atoms with E-state index in [-0.39, 0.29) is 11.8 Å². The standard InChI is InChI=1S/C13H14ClN3O/c1-9(8-14)13(18)16-11-4-2-3-10(7-11)12-5-6-15-17-12/h2-7,9H,8H2,1H3,(H,15,17)(H,16,18). The zero-order chi connectivity index (χ0) is 13.0. The van der Waals surface area contributed by atoms with Gasteiger partial charge in [0.05, 0.1) is 5.69 Å². The summed E-state index contributed by atoms with van der Waals surface area (Å²) in [5.41, 5.74) is 2.64. The number of nitrogens with zero attached hydrogens (tertiary/aromatic N) is 1. The Kier molecular flexibility index (Phi) is 3.99. The number of anilines is 1. The van der Waals surface area contributed by atoms with Crippen molar-refractivity contribution in [3.63, 3.8) is 0 Å². The van der Waals surface area contributed by atoms with E-state index < -0.39 is 0 Å². The summed E-state index contributed by atoms with van der Waals surface area (Å²) < 4.78 is 0. The average molecular weight is 264 g/mol. The van der Waals surface area contributed by atoms with Crippen LogP contribution in [0.1, 0.15) is 6.92 Å². The molecule has 1 aromatic carbocycles. The number of aromatic amines is 1. The van der Waals surface area contributed by atoms with Gasteiger partial charge in [-0.2, -0.15) is 5.10 Å². The van der Waals surface area contributed by atoms with Crippen molar-refractivity contribution in [1.82, 2.24) is 10.2 Å². The van der Waals surface area contributed by atoms with Crippen molar-refractivity contribution in [2.45, 2.75) is 6.92 Å². The number of alkyl halides is 1. The highest BCUT2D eigenvalue weighted by molar-refractivity contribution is 6.19. The van der Waals surface area contributed by atoms with E-state index in [0.29, 0.717) is 5.88 Å². The fraction of sp³-hybridized carbons (Fsp3) is 0.231. The van der Waals surface area contributed by atoms with Crippen molar-refractivity contribution < 1.29 is 4.79 Å². The second-order valence-electron chi connectivity index (χ2n) is 4.10. The van der Waals surface area contributed by atoms with Crippen LogP contribution < -0.4 is 5.32 Å². The number of aromatic nitrogens is 2. The summed E-state index contributed by atoms with van der Waals surface area (Å²) in [5.74, 6) is 0.0285. The van der Waals surface area contributed by atoms with Crippen molar-refractivity contribution in [1.29, 1.82) is 0 Å². The van der Waals surface area contributed by atoms with Crippen molar-refractivity contribution in [2.24, 2.45) is 5.92 Å². The van der Waals surface area contributed by atoms with Crippen molar-refractivity contribution in [3.05, 3.63) is 36.5 Å². The molecular formula is C13H14ClN3O. The molecule has 0 fully saturated rings. The van der Waals surface area contributed by atoms with Gasteiger partial charge in [0.25, 0.3) is 0 Å². The molecular weight excluding hydrogens is 250 g/mol. The van der Waals surface area contributed by atoms with Crippen LogP contribution in [0.25, 0.3) is 11.3 Å². The maximum atomic E-state index is 11.7. The second kappa shape index (κ2) is 5.69. The minimum Gasteiger partial charge on any atom is -0.326 e. The quantitative estimate of drug-likeness (QED) is 0.834. The Morgan fingerprint density at radius 1 is 1.50 bits per heavy atom. The monoisotopic (exact) mass is 263 g/mol. The van der Waals surface area contributed by atoms with Crippen LogP contribution in [0.4, 0.5) is 5.69 Å². The molecule has 0 saturated heterocycles. The average Bonchev–Trinajstić information content (AvgIpc) is 2.92. The fourth-order valence-electron chi connectivity index (χ4n) is 1.52. The number of hydrogen-bond donors (Lipinski definition) is 2.